The van der Waals surface area contributed by atoms with Gasteiger partial charge in [-0.1, -0.05) is 36.4 Å². The van der Waals surface area contributed by atoms with Crippen LogP contribution in [0, 0.1) is 0 Å². The molecule has 0 aliphatic heterocycles. The van der Waals surface area contributed by atoms with Gasteiger partial charge >= 0.3 is 0 Å². The molecule has 2 aromatic heterocycles. The Hall–Kier alpha value is -3.66. The van der Waals surface area contributed by atoms with Gasteiger partial charge in [0.25, 0.3) is 0 Å². The van der Waals surface area contributed by atoms with Gasteiger partial charge in [-0.05, 0) is 54.1 Å². The van der Waals surface area contributed by atoms with Crippen molar-refractivity contribution < 1.29 is 4.74 Å². The molecule has 0 aliphatic carbocycles. The molecule has 4 rings (SSSR count). The van der Waals surface area contributed by atoms with E-state index in [9.17, 15) is 0 Å². The number of nitrogens with zero attached hydrogens (tertiary/aromatic N) is 2. The Morgan fingerprint density at radius 3 is 2.30 bits per heavy atom. The van der Waals surface area contributed by atoms with E-state index in [0.717, 1.165) is 34.1 Å². The maximum absolute atomic E-state index is 5.85. The van der Waals surface area contributed by atoms with Gasteiger partial charge in [0.15, 0.2) is 0 Å². The highest BCUT2D eigenvalue weighted by atomic mass is 16.5. The van der Waals surface area contributed by atoms with Gasteiger partial charge in [0.2, 0.25) is 0 Å². The van der Waals surface area contributed by atoms with Crippen molar-refractivity contribution in [3.8, 4) is 17.0 Å². The predicted octanol–water partition coefficient (Wildman–Crippen LogP) is 5.47. The lowest BCUT2D eigenvalue weighted by Crippen LogP contribution is -1.96. The molecule has 0 radical (unpaired) electrons. The first-order chi connectivity index (χ1) is 13.4. The number of nitrogens with one attached hydrogen (secondary N) is 1. The first-order valence-electron chi connectivity index (χ1n) is 8.78. The Balaban J connectivity index is 1.45. The molecule has 0 bridgehead atoms. The van der Waals surface area contributed by atoms with Crippen LogP contribution in [0.3, 0.4) is 0 Å². The van der Waals surface area contributed by atoms with E-state index in [1.165, 1.54) is 0 Å². The molecule has 1 N–H and O–H groups in total. The van der Waals surface area contributed by atoms with E-state index in [0.29, 0.717) is 6.61 Å². The molecule has 0 fully saturated rings. The molecule has 0 atom stereocenters. The maximum atomic E-state index is 5.85. The van der Waals surface area contributed by atoms with Crippen molar-refractivity contribution in [2.45, 2.75) is 6.61 Å². The molecule has 0 saturated carbocycles. The number of aromatic nitrogens is 2. The lowest BCUT2D eigenvalue weighted by Gasteiger charge is -2.09. The van der Waals surface area contributed by atoms with Gasteiger partial charge in [0, 0.05) is 23.6 Å². The summed E-state index contributed by atoms with van der Waals surface area (Å²) in [5, 5.41) is 3.29. The molecule has 0 amide bonds. The fourth-order valence-corrected chi connectivity index (χ4v) is 2.71. The van der Waals surface area contributed by atoms with Crippen LogP contribution in [0.2, 0.25) is 0 Å². The Morgan fingerprint density at radius 1 is 0.741 bits per heavy atom. The van der Waals surface area contributed by atoms with E-state index < -0.39 is 0 Å². The largest absolute Gasteiger partial charge is 0.489 e. The summed E-state index contributed by atoms with van der Waals surface area (Å²) in [5.74, 6) is 1.64. The summed E-state index contributed by atoms with van der Waals surface area (Å²) in [7, 11) is 0. The first kappa shape index (κ1) is 16.8. The second kappa shape index (κ2) is 8.15. The summed E-state index contributed by atoms with van der Waals surface area (Å²) in [6, 6.07) is 27.9. The van der Waals surface area contributed by atoms with E-state index in [4.69, 9.17) is 4.74 Å². The standard InChI is InChI=1S/C23H19N3O/c1-2-5-18(6-3-1)17-27-21-11-9-19(10-12-21)22-7-4-8-23(26-22)25-20-13-15-24-16-14-20/h1-16H,17H2,(H,24,25,26). The van der Waals surface area contributed by atoms with Crippen LogP contribution in [0.15, 0.2) is 97.3 Å². The van der Waals surface area contributed by atoms with Crippen LogP contribution >= 0.6 is 0 Å². The predicted molar refractivity (Wildman–Crippen MR) is 108 cm³/mol. The van der Waals surface area contributed by atoms with Crippen LogP contribution in [-0.4, -0.2) is 9.97 Å². The van der Waals surface area contributed by atoms with Crippen LogP contribution in [0.1, 0.15) is 5.56 Å². The van der Waals surface area contributed by atoms with E-state index in [1.807, 2.05) is 72.8 Å². The minimum atomic E-state index is 0.559. The van der Waals surface area contributed by atoms with Gasteiger partial charge in [-0.3, -0.25) is 4.98 Å². The summed E-state index contributed by atoms with van der Waals surface area (Å²) in [6.07, 6.45) is 3.50. The first-order valence-corrected chi connectivity index (χ1v) is 8.78. The normalized spacial score (nSPS) is 10.4. The van der Waals surface area contributed by atoms with Crippen LogP contribution < -0.4 is 10.1 Å². The van der Waals surface area contributed by atoms with E-state index in [-0.39, 0.29) is 0 Å². The van der Waals surface area contributed by atoms with Crippen LogP contribution in [0.4, 0.5) is 11.5 Å². The number of pyridine rings is 2. The fourth-order valence-electron chi connectivity index (χ4n) is 2.71. The summed E-state index contributed by atoms with van der Waals surface area (Å²) in [4.78, 5) is 8.71. The SMILES string of the molecule is c1ccc(COc2ccc(-c3cccc(Nc4ccncc4)n3)cc2)cc1. The highest BCUT2D eigenvalue weighted by Gasteiger charge is 2.03. The topological polar surface area (TPSA) is 47.0 Å². The Labute approximate surface area is 158 Å². The number of anilines is 2. The molecule has 4 nitrogen and oxygen atoms in total. The minimum Gasteiger partial charge on any atom is -0.489 e. The smallest absolute Gasteiger partial charge is 0.131 e. The molecule has 0 unspecified atom stereocenters. The lowest BCUT2D eigenvalue weighted by molar-refractivity contribution is 0.306. The summed E-state index contributed by atoms with van der Waals surface area (Å²) >= 11 is 0. The zero-order valence-electron chi connectivity index (χ0n) is 14.7. The van der Waals surface area contributed by atoms with Crippen molar-refractivity contribution in [1.29, 1.82) is 0 Å². The molecule has 4 heteroatoms. The highest BCUT2D eigenvalue weighted by molar-refractivity contribution is 5.64. The van der Waals surface area contributed by atoms with Crippen molar-refractivity contribution in [1.82, 2.24) is 9.97 Å². The Morgan fingerprint density at radius 2 is 1.52 bits per heavy atom. The van der Waals surface area contributed by atoms with Crippen LogP contribution in [-0.2, 0) is 6.61 Å². The second-order valence-corrected chi connectivity index (χ2v) is 6.07. The zero-order valence-corrected chi connectivity index (χ0v) is 14.7. The van der Waals surface area contributed by atoms with Gasteiger partial charge in [-0.25, -0.2) is 4.98 Å². The molecule has 0 saturated heterocycles. The van der Waals surface area contributed by atoms with Gasteiger partial charge in [-0.2, -0.15) is 0 Å². The van der Waals surface area contributed by atoms with Gasteiger partial charge in [-0.15, -0.1) is 0 Å². The van der Waals surface area contributed by atoms with Crippen molar-refractivity contribution in [3.63, 3.8) is 0 Å². The van der Waals surface area contributed by atoms with Crippen LogP contribution in [0.25, 0.3) is 11.3 Å². The average molecular weight is 353 g/mol. The second-order valence-electron chi connectivity index (χ2n) is 6.07. The Bertz CT molecular complexity index is 987. The number of hydrogen-bond acceptors (Lipinski definition) is 4. The molecule has 0 spiro atoms. The number of benzene rings is 2. The van der Waals surface area contributed by atoms with Gasteiger partial charge < -0.3 is 10.1 Å². The average Bonchev–Trinajstić information content (AvgIpc) is 2.74. The molecular weight excluding hydrogens is 334 g/mol. The quantitative estimate of drug-likeness (QED) is 0.499. The van der Waals surface area contributed by atoms with E-state index >= 15 is 0 Å². The van der Waals surface area contributed by atoms with Crippen molar-refractivity contribution in [2.75, 3.05) is 5.32 Å². The number of rotatable bonds is 6. The van der Waals surface area contributed by atoms with Crippen molar-refractivity contribution in [2.24, 2.45) is 0 Å². The monoisotopic (exact) mass is 353 g/mol. The van der Waals surface area contributed by atoms with Gasteiger partial charge in [0.05, 0.1) is 5.69 Å². The third kappa shape index (κ3) is 4.50. The third-order valence-corrected chi connectivity index (χ3v) is 4.10. The molecule has 2 heterocycles. The van der Waals surface area contributed by atoms with Crippen molar-refractivity contribution >= 4 is 11.5 Å². The summed E-state index contributed by atoms with van der Waals surface area (Å²) < 4.78 is 5.85. The summed E-state index contributed by atoms with van der Waals surface area (Å²) in [5.41, 5.74) is 4.06. The molecule has 27 heavy (non-hydrogen) atoms. The maximum Gasteiger partial charge on any atom is 0.131 e. The zero-order chi connectivity index (χ0) is 18.3. The fraction of sp³-hybridized carbons (Fsp3) is 0.0435. The molecule has 4 aromatic rings. The number of ether oxygens (including phenoxy) is 1. The van der Waals surface area contributed by atoms with Crippen molar-refractivity contribution in [3.05, 3.63) is 103 Å². The number of hydrogen-bond donors (Lipinski definition) is 1. The molecule has 0 aliphatic rings. The van der Waals surface area contributed by atoms with Crippen LogP contribution in [0.5, 0.6) is 5.75 Å². The third-order valence-electron chi connectivity index (χ3n) is 4.10. The van der Waals surface area contributed by atoms with Gasteiger partial charge in [0.1, 0.15) is 18.2 Å². The molecular formula is C23H19N3O. The highest BCUT2D eigenvalue weighted by Crippen LogP contribution is 2.23. The molecule has 2 aromatic carbocycles. The lowest BCUT2D eigenvalue weighted by atomic mass is 10.1. The minimum absolute atomic E-state index is 0.559. The Kier molecular flexibility index (Phi) is 5.07. The summed E-state index contributed by atoms with van der Waals surface area (Å²) in [6.45, 7) is 0.559. The van der Waals surface area contributed by atoms with E-state index in [1.54, 1.807) is 12.4 Å². The van der Waals surface area contributed by atoms with E-state index in [2.05, 4.69) is 27.4 Å². The molecule has 132 valence electrons.